The van der Waals surface area contributed by atoms with Gasteiger partial charge in [-0.1, -0.05) is 6.08 Å². The van der Waals surface area contributed by atoms with Crippen LogP contribution in [0.4, 0.5) is 8.78 Å². The number of alkyl halides is 2. The monoisotopic (exact) mass is 224 g/mol. The van der Waals surface area contributed by atoms with Crippen LogP contribution in [0.2, 0.25) is 0 Å². The van der Waals surface area contributed by atoms with Crippen LogP contribution in [0.15, 0.2) is 12.1 Å². The maximum atomic E-state index is 13.0. The number of rotatable bonds is 2. The Morgan fingerprint density at radius 2 is 2.19 bits per heavy atom. The average Bonchev–Trinajstić information content (AvgIpc) is 2.98. The third-order valence-electron chi connectivity index (χ3n) is 3.35. The minimum atomic E-state index is -2.51. The zero-order chi connectivity index (χ0) is 11.2. The molecule has 2 aliphatic rings. The number of H-pyrrole nitrogens is 1. The molecular weight excluding hydrogens is 210 g/mol. The molecule has 1 fully saturated rings. The SMILES string of the molecule is FC1(F)CC=C(c2cc(C3CC3)[nH]n2)CC1. The fourth-order valence-corrected chi connectivity index (χ4v) is 2.13. The molecule has 0 radical (unpaired) electrons. The third-order valence-corrected chi connectivity index (χ3v) is 3.35. The minimum absolute atomic E-state index is 0.0511. The van der Waals surface area contributed by atoms with Gasteiger partial charge in [-0.05, 0) is 30.9 Å². The molecule has 16 heavy (non-hydrogen) atoms. The molecular formula is C12H14F2N2. The second-order valence-electron chi connectivity index (χ2n) is 4.77. The Bertz CT molecular complexity index is 430. The predicted molar refractivity (Wildman–Crippen MR) is 57.3 cm³/mol. The number of nitrogens with zero attached hydrogens (tertiary/aromatic N) is 1. The van der Waals surface area contributed by atoms with Gasteiger partial charge in [0.15, 0.2) is 0 Å². The fourth-order valence-electron chi connectivity index (χ4n) is 2.13. The first-order chi connectivity index (χ1) is 7.64. The first-order valence-corrected chi connectivity index (χ1v) is 5.77. The van der Waals surface area contributed by atoms with Gasteiger partial charge in [-0.15, -0.1) is 0 Å². The van der Waals surface area contributed by atoms with Gasteiger partial charge in [0.1, 0.15) is 0 Å². The molecule has 2 aliphatic carbocycles. The summed E-state index contributed by atoms with van der Waals surface area (Å²) in [5.41, 5.74) is 2.99. The summed E-state index contributed by atoms with van der Waals surface area (Å²) in [6.07, 6.45) is 4.31. The van der Waals surface area contributed by atoms with Gasteiger partial charge in [0, 0.05) is 24.5 Å². The minimum Gasteiger partial charge on any atom is -0.282 e. The number of allylic oxidation sites excluding steroid dienone is 2. The normalized spacial score (nSPS) is 24.2. The molecule has 1 saturated carbocycles. The van der Waals surface area contributed by atoms with Crippen molar-refractivity contribution in [2.45, 2.75) is 43.9 Å². The second kappa shape index (κ2) is 3.40. The zero-order valence-corrected chi connectivity index (χ0v) is 8.97. The summed E-state index contributed by atoms with van der Waals surface area (Å²) < 4.78 is 25.9. The first-order valence-electron chi connectivity index (χ1n) is 5.77. The van der Waals surface area contributed by atoms with Crippen LogP contribution in [0.1, 0.15) is 49.4 Å². The summed E-state index contributed by atoms with van der Waals surface area (Å²) in [5.74, 6) is -1.88. The lowest BCUT2D eigenvalue weighted by Gasteiger charge is -2.20. The van der Waals surface area contributed by atoms with Crippen molar-refractivity contribution >= 4 is 5.57 Å². The van der Waals surface area contributed by atoms with Crippen LogP contribution in [0, 0.1) is 0 Å². The van der Waals surface area contributed by atoms with E-state index in [2.05, 4.69) is 10.2 Å². The predicted octanol–water partition coefficient (Wildman–Crippen LogP) is 3.49. The highest BCUT2D eigenvalue weighted by Crippen LogP contribution is 2.41. The fraction of sp³-hybridized carbons (Fsp3) is 0.583. The number of hydrogen-bond acceptors (Lipinski definition) is 1. The van der Waals surface area contributed by atoms with E-state index in [1.54, 1.807) is 6.08 Å². The van der Waals surface area contributed by atoms with Gasteiger partial charge >= 0.3 is 0 Å². The molecule has 1 N–H and O–H groups in total. The molecule has 0 spiro atoms. The Balaban J connectivity index is 1.79. The topological polar surface area (TPSA) is 28.7 Å². The smallest absolute Gasteiger partial charge is 0.251 e. The quantitative estimate of drug-likeness (QED) is 0.818. The third kappa shape index (κ3) is 1.88. The Hall–Kier alpha value is -1.19. The van der Waals surface area contributed by atoms with Gasteiger partial charge in [-0.2, -0.15) is 5.10 Å². The lowest BCUT2D eigenvalue weighted by atomic mass is 9.94. The highest BCUT2D eigenvalue weighted by atomic mass is 19.3. The summed E-state index contributed by atoms with van der Waals surface area (Å²) in [4.78, 5) is 0. The summed E-state index contributed by atoms with van der Waals surface area (Å²) in [6, 6.07) is 2.02. The van der Waals surface area contributed by atoms with E-state index in [1.807, 2.05) is 6.07 Å². The number of hydrogen-bond donors (Lipinski definition) is 1. The molecule has 1 aromatic rings. The van der Waals surface area contributed by atoms with Gasteiger partial charge in [0.25, 0.3) is 5.92 Å². The van der Waals surface area contributed by atoms with Gasteiger partial charge < -0.3 is 0 Å². The van der Waals surface area contributed by atoms with E-state index in [0.717, 1.165) is 17.0 Å². The van der Waals surface area contributed by atoms with E-state index in [0.29, 0.717) is 12.3 Å². The van der Waals surface area contributed by atoms with E-state index >= 15 is 0 Å². The van der Waals surface area contributed by atoms with Crippen LogP contribution in [-0.2, 0) is 0 Å². The molecule has 1 aromatic heterocycles. The van der Waals surface area contributed by atoms with Crippen molar-refractivity contribution in [3.05, 3.63) is 23.5 Å². The average molecular weight is 224 g/mol. The van der Waals surface area contributed by atoms with E-state index in [4.69, 9.17) is 0 Å². The molecule has 0 atom stereocenters. The maximum absolute atomic E-state index is 13.0. The lowest BCUT2D eigenvalue weighted by molar-refractivity contribution is -0.00605. The summed E-state index contributed by atoms with van der Waals surface area (Å²) in [6.45, 7) is 0. The molecule has 0 aromatic carbocycles. The van der Waals surface area contributed by atoms with Crippen molar-refractivity contribution in [3.8, 4) is 0 Å². The molecule has 3 rings (SSSR count). The van der Waals surface area contributed by atoms with E-state index < -0.39 is 5.92 Å². The molecule has 0 amide bonds. The van der Waals surface area contributed by atoms with Gasteiger partial charge in [-0.3, -0.25) is 5.10 Å². The van der Waals surface area contributed by atoms with Crippen molar-refractivity contribution in [2.75, 3.05) is 0 Å². The van der Waals surface area contributed by atoms with Crippen LogP contribution in [0.25, 0.3) is 5.57 Å². The van der Waals surface area contributed by atoms with Gasteiger partial charge in [-0.25, -0.2) is 8.78 Å². The number of aromatic amines is 1. The van der Waals surface area contributed by atoms with Crippen LogP contribution >= 0.6 is 0 Å². The lowest BCUT2D eigenvalue weighted by Crippen LogP contribution is -2.18. The molecule has 1 heterocycles. The highest BCUT2D eigenvalue weighted by molar-refractivity contribution is 5.63. The number of halogens is 2. The Morgan fingerprint density at radius 3 is 2.81 bits per heavy atom. The highest BCUT2D eigenvalue weighted by Gasteiger charge is 2.32. The molecule has 0 bridgehead atoms. The molecule has 86 valence electrons. The van der Waals surface area contributed by atoms with Crippen LogP contribution in [-0.4, -0.2) is 16.1 Å². The standard InChI is InChI=1S/C12H14F2N2/c13-12(14)5-3-9(4-6-12)11-7-10(15-16-11)8-1-2-8/h3,7-8H,1-2,4-6H2,(H,15,16). The molecule has 0 unspecified atom stereocenters. The molecule has 4 heteroatoms. The molecule has 0 aliphatic heterocycles. The van der Waals surface area contributed by atoms with E-state index in [1.165, 1.54) is 12.8 Å². The Morgan fingerprint density at radius 1 is 1.38 bits per heavy atom. The van der Waals surface area contributed by atoms with Gasteiger partial charge in [0.2, 0.25) is 0 Å². The summed E-state index contributed by atoms with van der Waals surface area (Å²) >= 11 is 0. The maximum Gasteiger partial charge on any atom is 0.251 e. The largest absolute Gasteiger partial charge is 0.282 e. The molecule has 0 saturated heterocycles. The van der Waals surface area contributed by atoms with Crippen molar-refractivity contribution in [1.29, 1.82) is 0 Å². The first kappa shape index (κ1) is 10.00. The van der Waals surface area contributed by atoms with Crippen LogP contribution < -0.4 is 0 Å². The van der Waals surface area contributed by atoms with Crippen molar-refractivity contribution in [3.63, 3.8) is 0 Å². The van der Waals surface area contributed by atoms with E-state index in [-0.39, 0.29) is 12.8 Å². The Labute approximate surface area is 92.7 Å². The van der Waals surface area contributed by atoms with Crippen LogP contribution in [0.5, 0.6) is 0 Å². The molecule has 2 nitrogen and oxygen atoms in total. The Kier molecular flexibility index (Phi) is 2.13. The van der Waals surface area contributed by atoms with Crippen LogP contribution in [0.3, 0.4) is 0 Å². The summed E-state index contributed by atoms with van der Waals surface area (Å²) in [5, 5.41) is 7.22. The van der Waals surface area contributed by atoms with Crippen molar-refractivity contribution in [2.24, 2.45) is 0 Å². The number of nitrogens with one attached hydrogen (secondary N) is 1. The summed E-state index contributed by atoms with van der Waals surface area (Å²) in [7, 11) is 0. The number of aromatic nitrogens is 2. The van der Waals surface area contributed by atoms with Crippen molar-refractivity contribution in [1.82, 2.24) is 10.2 Å². The van der Waals surface area contributed by atoms with Gasteiger partial charge in [0.05, 0.1) is 5.69 Å². The van der Waals surface area contributed by atoms with E-state index in [9.17, 15) is 8.78 Å². The van der Waals surface area contributed by atoms with Crippen molar-refractivity contribution < 1.29 is 8.78 Å². The second-order valence-corrected chi connectivity index (χ2v) is 4.77. The zero-order valence-electron chi connectivity index (χ0n) is 8.97.